The number of halogens is 1. The van der Waals surface area contributed by atoms with E-state index in [1.54, 1.807) is 0 Å². The van der Waals surface area contributed by atoms with E-state index in [2.05, 4.69) is 4.98 Å². The van der Waals surface area contributed by atoms with Crippen molar-refractivity contribution in [3.05, 3.63) is 34.0 Å². The van der Waals surface area contributed by atoms with Crippen LogP contribution in [-0.2, 0) is 6.54 Å². The Hall–Kier alpha value is -1.29. The van der Waals surface area contributed by atoms with Gasteiger partial charge in [0.25, 0.3) is 5.56 Å². The highest BCUT2D eigenvalue weighted by molar-refractivity contribution is 6.30. The van der Waals surface area contributed by atoms with Gasteiger partial charge in [-0.2, -0.15) is 0 Å². The molecule has 0 unspecified atom stereocenters. The van der Waals surface area contributed by atoms with Gasteiger partial charge in [0.2, 0.25) is 5.75 Å². The molecule has 0 N–H and O–H groups in total. The maximum absolute atomic E-state index is 11.6. The maximum atomic E-state index is 11.6. The van der Waals surface area contributed by atoms with E-state index in [0.29, 0.717) is 6.54 Å². The van der Waals surface area contributed by atoms with E-state index in [0.717, 1.165) is 0 Å². The molecule has 76 valence electrons. The van der Waals surface area contributed by atoms with Crippen molar-refractivity contribution in [1.82, 2.24) is 9.55 Å². The first-order valence-electron chi connectivity index (χ1n) is 4.10. The van der Waals surface area contributed by atoms with Crippen molar-refractivity contribution in [2.24, 2.45) is 0 Å². The van der Waals surface area contributed by atoms with Crippen LogP contribution in [0.1, 0.15) is 6.92 Å². The number of hydrogen-bond donors (Lipinski definition) is 0. The van der Waals surface area contributed by atoms with Gasteiger partial charge in [0.15, 0.2) is 5.15 Å². The molecule has 0 atom stereocenters. The molecule has 0 spiro atoms. The van der Waals surface area contributed by atoms with Crippen molar-refractivity contribution in [2.45, 2.75) is 13.5 Å². The van der Waals surface area contributed by atoms with Gasteiger partial charge in [0.1, 0.15) is 0 Å². The molecule has 0 bridgehead atoms. The zero-order valence-electron chi connectivity index (χ0n) is 8.03. The van der Waals surface area contributed by atoms with Gasteiger partial charge >= 0.3 is 0 Å². The summed E-state index contributed by atoms with van der Waals surface area (Å²) in [5.74, 6) is 0.0821. The van der Waals surface area contributed by atoms with Crippen LogP contribution in [0.15, 0.2) is 23.3 Å². The molecular weight excluding hydrogens is 204 g/mol. The molecule has 0 aliphatic carbocycles. The normalized spacial score (nSPS) is 10.8. The first-order valence-corrected chi connectivity index (χ1v) is 4.48. The minimum absolute atomic E-state index is 0.0821. The highest BCUT2D eigenvalue weighted by Gasteiger charge is 2.08. The Morgan fingerprint density at radius 3 is 3.00 bits per heavy atom. The molecule has 1 rings (SSSR count). The van der Waals surface area contributed by atoms with Gasteiger partial charge in [-0.15, -0.1) is 0 Å². The average Bonchev–Trinajstić information content (AvgIpc) is 2.18. The van der Waals surface area contributed by atoms with E-state index in [-0.39, 0.29) is 16.5 Å². The Labute approximate surface area is 86.8 Å². The molecule has 0 amide bonds. The number of methoxy groups -OCH3 is 1. The van der Waals surface area contributed by atoms with Crippen LogP contribution in [0.2, 0.25) is 5.15 Å². The third kappa shape index (κ3) is 2.14. The zero-order valence-corrected chi connectivity index (χ0v) is 8.78. The second-order valence-corrected chi connectivity index (χ2v) is 2.95. The molecule has 4 nitrogen and oxygen atoms in total. The second kappa shape index (κ2) is 4.81. The van der Waals surface area contributed by atoms with E-state index in [4.69, 9.17) is 16.3 Å². The van der Waals surface area contributed by atoms with E-state index in [9.17, 15) is 4.79 Å². The standard InChI is InChI=1S/C9H11ClN2O2/c1-3-4-5-12-6-11-8(10)7(14-2)9(12)13/h3-4,6H,5H2,1-2H3/b4-3+. The van der Waals surface area contributed by atoms with Crippen LogP contribution in [0.4, 0.5) is 0 Å². The molecule has 0 aliphatic rings. The van der Waals surface area contributed by atoms with Gasteiger partial charge in [-0.3, -0.25) is 9.36 Å². The number of rotatable bonds is 3. The molecule has 14 heavy (non-hydrogen) atoms. The average molecular weight is 215 g/mol. The quantitative estimate of drug-likeness (QED) is 0.566. The highest BCUT2D eigenvalue weighted by atomic mass is 35.5. The van der Waals surface area contributed by atoms with Crippen LogP contribution in [0.3, 0.4) is 0 Å². The fourth-order valence-corrected chi connectivity index (χ4v) is 1.17. The molecule has 0 saturated carbocycles. The smallest absolute Gasteiger partial charge is 0.297 e. The molecule has 1 aromatic heterocycles. The summed E-state index contributed by atoms with van der Waals surface area (Å²) in [5, 5.41) is 0.0919. The van der Waals surface area contributed by atoms with Crippen LogP contribution in [-0.4, -0.2) is 16.7 Å². The van der Waals surface area contributed by atoms with E-state index in [1.807, 2.05) is 19.1 Å². The summed E-state index contributed by atoms with van der Waals surface area (Å²) in [5.41, 5.74) is -0.273. The topological polar surface area (TPSA) is 44.1 Å². The predicted molar refractivity (Wildman–Crippen MR) is 54.9 cm³/mol. The highest BCUT2D eigenvalue weighted by Crippen LogP contribution is 2.14. The van der Waals surface area contributed by atoms with E-state index < -0.39 is 0 Å². The lowest BCUT2D eigenvalue weighted by atomic mass is 10.5. The van der Waals surface area contributed by atoms with Gasteiger partial charge in [-0.25, -0.2) is 4.98 Å². The predicted octanol–water partition coefficient (Wildman–Crippen LogP) is 1.48. The fraction of sp³-hybridized carbons (Fsp3) is 0.333. The summed E-state index contributed by atoms with van der Waals surface area (Å²) >= 11 is 5.67. The van der Waals surface area contributed by atoms with Crippen molar-refractivity contribution < 1.29 is 4.74 Å². The summed E-state index contributed by atoms with van der Waals surface area (Å²) in [6, 6.07) is 0. The van der Waals surface area contributed by atoms with Crippen LogP contribution < -0.4 is 10.3 Å². The minimum atomic E-state index is -0.273. The maximum Gasteiger partial charge on any atom is 0.297 e. The Kier molecular flexibility index (Phi) is 3.71. The zero-order chi connectivity index (χ0) is 10.6. The molecule has 0 radical (unpaired) electrons. The monoisotopic (exact) mass is 214 g/mol. The summed E-state index contributed by atoms with van der Waals surface area (Å²) in [6.07, 6.45) is 5.09. The number of aromatic nitrogens is 2. The molecule has 0 aromatic carbocycles. The van der Waals surface area contributed by atoms with Gasteiger partial charge < -0.3 is 4.74 Å². The summed E-state index contributed by atoms with van der Waals surface area (Å²) in [7, 11) is 1.39. The fourth-order valence-electron chi connectivity index (χ4n) is 0.971. The Morgan fingerprint density at radius 2 is 2.43 bits per heavy atom. The van der Waals surface area contributed by atoms with Crippen molar-refractivity contribution in [2.75, 3.05) is 7.11 Å². The van der Waals surface area contributed by atoms with Crippen molar-refractivity contribution in [1.29, 1.82) is 0 Å². The lowest BCUT2D eigenvalue weighted by molar-refractivity contribution is 0.401. The first-order chi connectivity index (χ1) is 6.70. The van der Waals surface area contributed by atoms with Gasteiger partial charge in [-0.05, 0) is 6.92 Å². The second-order valence-electron chi connectivity index (χ2n) is 2.60. The van der Waals surface area contributed by atoms with Crippen molar-refractivity contribution >= 4 is 11.6 Å². The van der Waals surface area contributed by atoms with Crippen molar-refractivity contribution in [3.8, 4) is 5.75 Å². The minimum Gasteiger partial charge on any atom is -0.489 e. The summed E-state index contributed by atoms with van der Waals surface area (Å²) in [6.45, 7) is 2.35. The van der Waals surface area contributed by atoms with Crippen LogP contribution in [0, 0.1) is 0 Å². The first kappa shape index (κ1) is 10.8. The third-order valence-corrected chi connectivity index (χ3v) is 1.96. The Morgan fingerprint density at radius 1 is 1.71 bits per heavy atom. The lowest BCUT2D eigenvalue weighted by Gasteiger charge is -2.05. The third-order valence-electron chi connectivity index (χ3n) is 1.69. The van der Waals surface area contributed by atoms with E-state index in [1.165, 1.54) is 18.0 Å². The van der Waals surface area contributed by atoms with Gasteiger partial charge in [-0.1, -0.05) is 23.8 Å². The van der Waals surface area contributed by atoms with Gasteiger partial charge in [0, 0.05) is 6.54 Å². The largest absolute Gasteiger partial charge is 0.489 e. The molecule has 0 aliphatic heterocycles. The SMILES string of the molecule is C/C=C/Cn1cnc(Cl)c(OC)c1=O. The molecule has 1 aromatic rings. The molecule has 0 fully saturated rings. The number of hydrogen-bond acceptors (Lipinski definition) is 3. The molecule has 1 heterocycles. The molecule has 0 saturated heterocycles. The molecular formula is C9H11ClN2O2. The Bertz CT molecular complexity index is 398. The number of nitrogens with zero attached hydrogens (tertiary/aromatic N) is 2. The number of ether oxygens (including phenoxy) is 1. The number of allylic oxidation sites excluding steroid dienone is 2. The summed E-state index contributed by atoms with van der Waals surface area (Å²) in [4.78, 5) is 15.4. The Balaban J connectivity index is 3.15. The van der Waals surface area contributed by atoms with E-state index >= 15 is 0 Å². The van der Waals surface area contributed by atoms with Crippen LogP contribution in [0.25, 0.3) is 0 Å². The van der Waals surface area contributed by atoms with Crippen LogP contribution >= 0.6 is 11.6 Å². The summed E-state index contributed by atoms with van der Waals surface area (Å²) < 4.78 is 6.27. The lowest BCUT2D eigenvalue weighted by Crippen LogP contribution is -2.21. The van der Waals surface area contributed by atoms with Crippen LogP contribution in [0.5, 0.6) is 5.75 Å². The van der Waals surface area contributed by atoms with Crippen molar-refractivity contribution in [3.63, 3.8) is 0 Å². The van der Waals surface area contributed by atoms with Gasteiger partial charge in [0.05, 0.1) is 13.4 Å². The molecule has 5 heteroatoms.